The number of hydrogen-bond acceptors (Lipinski definition) is 5. The second-order valence-electron chi connectivity index (χ2n) is 11.8. The number of pyridine rings is 3. The van der Waals surface area contributed by atoms with Crippen molar-refractivity contribution in [1.82, 2.24) is 34.1 Å². The largest absolute Gasteiger partial charge is 0.307 e. The van der Waals surface area contributed by atoms with Crippen molar-refractivity contribution in [1.29, 1.82) is 0 Å². The number of rotatable bonds is 4. The molecular weight excluding hydrogens is 591 g/mol. The molecule has 0 saturated carbocycles. The molecule has 7 nitrogen and oxygen atoms in total. The summed E-state index contributed by atoms with van der Waals surface area (Å²) < 4.78 is 4.75. The minimum Gasteiger partial charge on any atom is -0.307 e. The monoisotopic (exact) mass is 615 g/mol. The van der Waals surface area contributed by atoms with E-state index in [0.717, 1.165) is 78.0 Å². The first-order valence-corrected chi connectivity index (χ1v) is 15.8. The van der Waals surface area contributed by atoms with Crippen LogP contribution in [0.4, 0.5) is 0 Å². The van der Waals surface area contributed by atoms with E-state index >= 15 is 0 Å². The smallest absolute Gasteiger partial charge is 0.0915 e. The Kier molecular flexibility index (Phi) is 5.74. The highest BCUT2D eigenvalue weighted by Gasteiger charge is 2.23. The summed E-state index contributed by atoms with van der Waals surface area (Å²) in [6, 6.07) is 44.1. The quantitative estimate of drug-likeness (QED) is 0.197. The Morgan fingerprint density at radius 2 is 0.938 bits per heavy atom. The van der Waals surface area contributed by atoms with Gasteiger partial charge in [-0.3, -0.25) is 19.9 Å². The van der Waals surface area contributed by atoms with Crippen LogP contribution in [-0.2, 0) is 0 Å². The lowest BCUT2D eigenvalue weighted by atomic mass is 10.1. The van der Waals surface area contributed by atoms with Gasteiger partial charge in [-0.05, 0) is 66.7 Å². The van der Waals surface area contributed by atoms with Gasteiger partial charge in [0.15, 0.2) is 0 Å². The normalized spacial score (nSPS) is 11.8. The van der Waals surface area contributed by atoms with Crippen LogP contribution in [0.1, 0.15) is 0 Å². The predicted molar refractivity (Wildman–Crippen MR) is 192 cm³/mol. The second kappa shape index (κ2) is 10.4. The first kappa shape index (κ1) is 26.5. The lowest BCUT2D eigenvalue weighted by molar-refractivity contribution is 1.13. The molecule has 0 aliphatic carbocycles. The van der Waals surface area contributed by atoms with E-state index in [1.165, 1.54) is 10.8 Å². The molecular formula is C41H25N7. The molecule has 0 atom stereocenters. The zero-order valence-corrected chi connectivity index (χ0v) is 25.6. The minimum atomic E-state index is 0.764. The van der Waals surface area contributed by atoms with E-state index in [2.05, 4.69) is 115 Å². The third-order valence-electron chi connectivity index (χ3n) is 9.09. The molecule has 0 amide bonds. The number of benzene rings is 4. The molecule has 0 spiro atoms. The number of fused-ring (bicyclic) bond motifs is 8. The van der Waals surface area contributed by atoms with Gasteiger partial charge in [-0.25, -0.2) is 4.98 Å². The van der Waals surface area contributed by atoms with Crippen molar-refractivity contribution in [2.45, 2.75) is 0 Å². The van der Waals surface area contributed by atoms with Gasteiger partial charge >= 0.3 is 0 Å². The summed E-state index contributed by atoms with van der Waals surface area (Å²) in [5, 5.41) is 4.60. The third kappa shape index (κ3) is 3.98. The Morgan fingerprint density at radius 3 is 1.60 bits per heavy atom. The average molecular weight is 616 g/mol. The van der Waals surface area contributed by atoms with Gasteiger partial charge < -0.3 is 9.13 Å². The van der Waals surface area contributed by atoms with Crippen LogP contribution in [0.2, 0.25) is 0 Å². The molecule has 48 heavy (non-hydrogen) atoms. The molecule has 7 heteroatoms. The summed E-state index contributed by atoms with van der Waals surface area (Å²) in [5.41, 5.74) is 11.2. The van der Waals surface area contributed by atoms with Crippen LogP contribution in [0.15, 0.2) is 152 Å². The summed E-state index contributed by atoms with van der Waals surface area (Å²) in [4.78, 5) is 23.9. The zero-order valence-electron chi connectivity index (χ0n) is 25.6. The lowest BCUT2D eigenvalue weighted by Gasteiger charge is -2.14. The molecule has 0 aliphatic heterocycles. The lowest BCUT2D eigenvalue weighted by Crippen LogP contribution is -2.01. The first-order chi connectivity index (χ1) is 23.8. The Morgan fingerprint density at radius 1 is 0.354 bits per heavy atom. The van der Waals surface area contributed by atoms with Gasteiger partial charge in [-0.2, -0.15) is 0 Å². The highest BCUT2D eigenvalue weighted by Crippen LogP contribution is 2.43. The Hall–Kier alpha value is -6.73. The Balaban J connectivity index is 1.43. The molecule has 224 valence electrons. The van der Waals surface area contributed by atoms with E-state index in [4.69, 9.17) is 9.97 Å². The van der Waals surface area contributed by atoms with E-state index < -0.39 is 0 Å². The van der Waals surface area contributed by atoms with Crippen LogP contribution in [0, 0.1) is 0 Å². The molecule has 0 N–H and O–H groups in total. The van der Waals surface area contributed by atoms with E-state index in [9.17, 15) is 0 Å². The van der Waals surface area contributed by atoms with Crippen molar-refractivity contribution in [2.24, 2.45) is 0 Å². The van der Waals surface area contributed by atoms with Gasteiger partial charge in [0.1, 0.15) is 0 Å². The van der Waals surface area contributed by atoms with Gasteiger partial charge in [-0.15, -0.1) is 0 Å². The number of aromatic nitrogens is 7. The number of nitrogens with zero attached hydrogens (tertiary/aromatic N) is 7. The van der Waals surface area contributed by atoms with Gasteiger partial charge in [0.25, 0.3) is 0 Å². The summed E-state index contributed by atoms with van der Waals surface area (Å²) in [6.45, 7) is 0. The van der Waals surface area contributed by atoms with Crippen molar-refractivity contribution < 1.29 is 0 Å². The molecule has 0 fully saturated rings. The standard InChI is InChI=1S/C41H25N7/c1-2-10-26(11-3-1)47-38-15-5-4-12-28(38)29-16-17-30-31-24-34-35(45-21-20-44-34)25-39(31)48(41(30)40(29)47)27-22-36(32-13-6-8-18-42-32)46-37(23-27)33-14-7-9-19-43-33/h1-25H. The number of hydrogen-bond donors (Lipinski definition) is 0. The SMILES string of the molecule is c1ccc(-n2c3ccccc3c3ccc4c5cc6nccnc6cc5n(-c5cc(-c6ccccn6)nc(-c6ccccn6)c5)c4c32)cc1. The van der Waals surface area contributed by atoms with Crippen LogP contribution in [-0.4, -0.2) is 34.1 Å². The van der Waals surface area contributed by atoms with Crippen molar-refractivity contribution in [3.8, 4) is 34.2 Å². The molecule has 0 unspecified atom stereocenters. The van der Waals surface area contributed by atoms with Crippen LogP contribution in [0.3, 0.4) is 0 Å². The molecule has 10 aromatic rings. The number of para-hydroxylation sites is 2. The van der Waals surface area contributed by atoms with Gasteiger partial charge in [0, 0.05) is 52.0 Å². The second-order valence-corrected chi connectivity index (χ2v) is 11.8. The molecule has 10 rings (SSSR count). The van der Waals surface area contributed by atoms with Crippen molar-refractivity contribution in [3.63, 3.8) is 0 Å². The molecule has 0 bridgehead atoms. The maximum Gasteiger partial charge on any atom is 0.0915 e. The van der Waals surface area contributed by atoms with Gasteiger partial charge in [0.05, 0.1) is 61.6 Å². The summed E-state index contributed by atoms with van der Waals surface area (Å²) in [7, 11) is 0. The van der Waals surface area contributed by atoms with Gasteiger partial charge in [-0.1, -0.05) is 60.7 Å². The summed E-state index contributed by atoms with van der Waals surface area (Å²) >= 11 is 0. The molecule has 0 aliphatic rings. The fourth-order valence-electron chi connectivity index (χ4n) is 7.05. The van der Waals surface area contributed by atoms with E-state index in [1.54, 1.807) is 24.8 Å². The highest BCUT2D eigenvalue weighted by atomic mass is 15.0. The fraction of sp³-hybridized carbons (Fsp3) is 0. The third-order valence-corrected chi connectivity index (χ3v) is 9.09. The van der Waals surface area contributed by atoms with E-state index in [1.807, 2.05) is 36.4 Å². The zero-order chi connectivity index (χ0) is 31.6. The Labute approximate surface area is 274 Å². The first-order valence-electron chi connectivity index (χ1n) is 15.8. The van der Waals surface area contributed by atoms with Crippen LogP contribution >= 0.6 is 0 Å². The van der Waals surface area contributed by atoms with Gasteiger partial charge in [0.2, 0.25) is 0 Å². The van der Waals surface area contributed by atoms with Crippen molar-refractivity contribution in [2.75, 3.05) is 0 Å². The molecule has 6 aromatic heterocycles. The van der Waals surface area contributed by atoms with Crippen molar-refractivity contribution in [3.05, 3.63) is 152 Å². The predicted octanol–water partition coefficient (Wildman–Crippen LogP) is 9.34. The topological polar surface area (TPSA) is 74.3 Å². The highest BCUT2D eigenvalue weighted by molar-refractivity contribution is 6.24. The molecule has 4 aromatic carbocycles. The fourth-order valence-corrected chi connectivity index (χ4v) is 7.05. The van der Waals surface area contributed by atoms with Crippen LogP contribution in [0.5, 0.6) is 0 Å². The van der Waals surface area contributed by atoms with Crippen LogP contribution in [0.25, 0.3) is 88.8 Å². The molecule has 0 radical (unpaired) electrons. The maximum absolute atomic E-state index is 5.09. The van der Waals surface area contributed by atoms with Crippen molar-refractivity contribution >= 4 is 54.6 Å². The Bertz CT molecular complexity index is 2760. The van der Waals surface area contributed by atoms with E-state index in [0.29, 0.717) is 0 Å². The molecule has 6 heterocycles. The van der Waals surface area contributed by atoms with E-state index in [-0.39, 0.29) is 0 Å². The summed E-state index contributed by atoms with van der Waals surface area (Å²) in [5.74, 6) is 0. The average Bonchev–Trinajstić information content (AvgIpc) is 3.67. The minimum absolute atomic E-state index is 0.764. The summed E-state index contributed by atoms with van der Waals surface area (Å²) in [6.07, 6.45) is 7.10. The maximum atomic E-state index is 5.09. The molecule has 0 saturated heterocycles. The van der Waals surface area contributed by atoms with Crippen LogP contribution < -0.4 is 0 Å².